The number of aryl methyl sites for hydroxylation is 2. The molecule has 0 radical (unpaired) electrons. The topological polar surface area (TPSA) is 114 Å². The van der Waals surface area contributed by atoms with Crippen LogP contribution in [0.4, 0.5) is 17.1 Å². The quantitative estimate of drug-likeness (QED) is 0.188. The molecule has 35 heavy (non-hydrogen) atoms. The summed E-state index contributed by atoms with van der Waals surface area (Å²) in [6.07, 6.45) is 0. The number of nitro benzene ring substituents is 1. The highest BCUT2D eigenvalue weighted by atomic mass is 32.2. The Morgan fingerprint density at radius 1 is 0.886 bits per heavy atom. The van der Waals surface area contributed by atoms with Crippen LogP contribution in [0.1, 0.15) is 23.6 Å². The van der Waals surface area contributed by atoms with Crippen molar-refractivity contribution < 1.29 is 13.3 Å². The first-order valence-corrected chi connectivity index (χ1v) is 12.3. The Balaban J connectivity index is 1.61. The minimum Gasteiger partial charge on any atom is -0.279 e. The summed E-state index contributed by atoms with van der Waals surface area (Å²) in [7, 11) is -4.03. The highest BCUT2D eigenvalue weighted by Gasteiger charge is 2.22. The van der Waals surface area contributed by atoms with E-state index in [-0.39, 0.29) is 10.6 Å². The molecule has 0 fully saturated rings. The van der Waals surface area contributed by atoms with E-state index in [4.69, 9.17) is 0 Å². The number of sulfonamides is 1. The summed E-state index contributed by atoms with van der Waals surface area (Å²) in [5.41, 5.74) is 6.04. The fraction of sp³-hybridized carbons (Fsp3) is 0.115. The molecule has 8 nitrogen and oxygen atoms in total. The number of hydrogen-bond acceptors (Lipinski definition) is 6. The van der Waals surface area contributed by atoms with Crippen molar-refractivity contribution in [1.29, 1.82) is 0 Å². The third kappa shape index (κ3) is 5.30. The van der Waals surface area contributed by atoms with Gasteiger partial charge >= 0.3 is 0 Å². The van der Waals surface area contributed by atoms with Crippen molar-refractivity contribution in [3.05, 3.63) is 106 Å². The van der Waals surface area contributed by atoms with Crippen LogP contribution in [-0.4, -0.2) is 19.1 Å². The second kappa shape index (κ2) is 9.55. The van der Waals surface area contributed by atoms with Gasteiger partial charge in [0, 0.05) is 6.07 Å². The van der Waals surface area contributed by atoms with E-state index in [0.717, 1.165) is 33.5 Å². The van der Waals surface area contributed by atoms with Gasteiger partial charge < -0.3 is 0 Å². The molecular formula is C26H24N4O4S. The third-order valence-corrected chi connectivity index (χ3v) is 6.98. The van der Waals surface area contributed by atoms with Crippen molar-refractivity contribution in [1.82, 2.24) is 0 Å². The van der Waals surface area contributed by atoms with Gasteiger partial charge in [0.15, 0.2) is 0 Å². The Bertz CT molecular complexity index is 1580. The van der Waals surface area contributed by atoms with E-state index in [1.54, 1.807) is 26.0 Å². The number of hydrogen-bond donors (Lipinski definition) is 2. The smallest absolute Gasteiger partial charge is 0.279 e. The lowest BCUT2D eigenvalue weighted by Crippen LogP contribution is -2.14. The SMILES string of the molecule is CC(=NNc1ccc(S(=O)(=O)Nc2ccc(C)cc2C)cc1[N+](=O)[O-])c1ccc2ccccc2c1. The van der Waals surface area contributed by atoms with Crippen LogP contribution in [0, 0.1) is 24.0 Å². The van der Waals surface area contributed by atoms with E-state index in [2.05, 4.69) is 15.2 Å². The maximum absolute atomic E-state index is 12.9. The summed E-state index contributed by atoms with van der Waals surface area (Å²) in [5, 5.41) is 18.2. The molecule has 9 heteroatoms. The summed E-state index contributed by atoms with van der Waals surface area (Å²) in [4.78, 5) is 10.9. The molecule has 2 N–H and O–H groups in total. The van der Waals surface area contributed by atoms with E-state index in [9.17, 15) is 18.5 Å². The van der Waals surface area contributed by atoms with Crippen LogP contribution in [0.15, 0.2) is 88.9 Å². The normalized spacial score (nSPS) is 11.9. The van der Waals surface area contributed by atoms with Gasteiger partial charge in [-0.25, -0.2) is 8.42 Å². The molecule has 0 atom stereocenters. The molecule has 0 aromatic heterocycles. The van der Waals surface area contributed by atoms with Gasteiger partial charge in [-0.1, -0.05) is 54.1 Å². The maximum atomic E-state index is 12.9. The first-order valence-electron chi connectivity index (χ1n) is 10.8. The van der Waals surface area contributed by atoms with E-state index in [1.807, 2.05) is 55.5 Å². The zero-order chi connectivity index (χ0) is 25.2. The molecule has 0 heterocycles. The summed E-state index contributed by atoms with van der Waals surface area (Å²) in [6, 6.07) is 22.8. The monoisotopic (exact) mass is 488 g/mol. The highest BCUT2D eigenvalue weighted by Crippen LogP contribution is 2.29. The standard InChI is InChI=1S/C26H24N4O4S/c1-17-8-12-24(18(2)14-17)29-35(33,34)23-11-13-25(26(16-23)30(31)32)28-27-19(3)21-10-9-20-6-4-5-7-22(20)15-21/h4-16,28-29H,1-3H3. The van der Waals surface area contributed by atoms with Gasteiger partial charge in [-0.3, -0.25) is 20.3 Å². The number of hydrazone groups is 1. The van der Waals surface area contributed by atoms with E-state index < -0.39 is 20.6 Å². The summed E-state index contributed by atoms with van der Waals surface area (Å²) in [5.74, 6) is 0. The predicted octanol–water partition coefficient (Wildman–Crippen LogP) is 6.00. The molecule has 0 bridgehead atoms. The molecule has 0 aliphatic carbocycles. The zero-order valence-corrected chi connectivity index (χ0v) is 20.3. The van der Waals surface area contributed by atoms with Crippen LogP contribution in [-0.2, 0) is 10.0 Å². The van der Waals surface area contributed by atoms with Crippen molar-refractivity contribution in [2.75, 3.05) is 10.1 Å². The van der Waals surface area contributed by atoms with E-state index in [0.29, 0.717) is 11.4 Å². The summed E-state index contributed by atoms with van der Waals surface area (Å²) in [6.45, 7) is 5.48. The average Bonchev–Trinajstić information content (AvgIpc) is 2.83. The van der Waals surface area contributed by atoms with Crippen LogP contribution in [0.25, 0.3) is 10.8 Å². The number of benzene rings is 4. The molecule has 0 aliphatic heterocycles. The molecule has 0 unspecified atom stereocenters. The van der Waals surface area contributed by atoms with E-state index in [1.165, 1.54) is 12.1 Å². The molecule has 0 saturated heterocycles. The fourth-order valence-corrected chi connectivity index (χ4v) is 4.83. The van der Waals surface area contributed by atoms with Crippen molar-refractivity contribution in [3.63, 3.8) is 0 Å². The molecule has 178 valence electrons. The molecule has 0 aliphatic rings. The Labute approximate surface area is 203 Å². The number of nitrogens with one attached hydrogen (secondary N) is 2. The Kier molecular flexibility index (Phi) is 6.52. The van der Waals surface area contributed by atoms with Gasteiger partial charge in [-0.15, -0.1) is 0 Å². The lowest BCUT2D eigenvalue weighted by molar-refractivity contribution is -0.384. The summed E-state index contributed by atoms with van der Waals surface area (Å²) >= 11 is 0. The molecule has 4 rings (SSSR count). The van der Waals surface area contributed by atoms with Gasteiger partial charge in [-0.05, 0) is 66.9 Å². The third-order valence-electron chi connectivity index (χ3n) is 5.61. The fourth-order valence-electron chi connectivity index (χ4n) is 3.68. The van der Waals surface area contributed by atoms with Crippen LogP contribution in [0.2, 0.25) is 0 Å². The number of anilines is 2. The molecular weight excluding hydrogens is 464 g/mol. The van der Waals surface area contributed by atoms with Crippen LogP contribution >= 0.6 is 0 Å². The molecule has 0 spiro atoms. The Morgan fingerprint density at radius 2 is 1.60 bits per heavy atom. The zero-order valence-electron chi connectivity index (χ0n) is 19.4. The highest BCUT2D eigenvalue weighted by molar-refractivity contribution is 7.92. The van der Waals surface area contributed by atoms with Gasteiger partial charge in [-0.2, -0.15) is 5.10 Å². The largest absolute Gasteiger partial charge is 0.295 e. The second-order valence-corrected chi connectivity index (χ2v) is 9.91. The molecule has 0 amide bonds. The molecule has 0 saturated carbocycles. The van der Waals surface area contributed by atoms with Crippen molar-refractivity contribution in [2.24, 2.45) is 5.10 Å². The predicted molar refractivity (Wildman–Crippen MR) is 140 cm³/mol. The van der Waals surface area contributed by atoms with Crippen molar-refractivity contribution >= 4 is 43.6 Å². The minimum absolute atomic E-state index is 0.0839. The lowest BCUT2D eigenvalue weighted by atomic mass is 10.0. The van der Waals surface area contributed by atoms with Gasteiger partial charge in [0.1, 0.15) is 5.69 Å². The van der Waals surface area contributed by atoms with Crippen LogP contribution in [0.3, 0.4) is 0 Å². The first kappa shape index (κ1) is 23.9. The average molecular weight is 489 g/mol. The number of fused-ring (bicyclic) bond motifs is 1. The van der Waals surface area contributed by atoms with Crippen LogP contribution < -0.4 is 10.1 Å². The minimum atomic E-state index is -4.03. The first-order chi connectivity index (χ1) is 16.6. The Hall–Kier alpha value is -4.24. The van der Waals surface area contributed by atoms with E-state index >= 15 is 0 Å². The summed E-state index contributed by atoms with van der Waals surface area (Å²) < 4.78 is 28.3. The molecule has 4 aromatic rings. The van der Waals surface area contributed by atoms with Gasteiger partial charge in [0.05, 0.1) is 21.2 Å². The maximum Gasteiger partial charge on any atom is 0.295 e. The number of nitrogens with zero attached hydrogens (tertiary/aromatic N) is 2. The Morgan fingerprint density at radius 3 is 2.31 bits per heavy atom. The number of nitro groups is 1. The van der Waals surface area contributed by atoms with Crippen LogP contribution in [0.5, 0.6) is 0 Å². The van der Waals surface area contributed by atoms with Crippen molar-refractivity contribution in [3.8, 4) is 0 Å². The van der Waals surface area contributed by atoms with Gasteiger partial charge in [0.2, 0.25) is 0 Å². The lowest BCUT2D eigenvalue weighted by Gasteiger charge is -2.12. The second-order valence-electron chi connectivity index (χ2n) is 8.23. The van der Waals surface area contributed by atoms with Gasteiger partial charge in [0.25, 0.3) is 15.7 Å². The number of rotatable bonds is 7. The molecule has 4 aromatic carbocycles. The van der Waals surface area contributed by atoms with Crippen molar-refractivity contribution in [2.45, 2.75) is 25.7 Å².